The topological polar surface area (TPSA) is 41.3 Å². The number of pyridine rings is 1. The van der Waals surface area contributed by atoms with Gasteiger partial charge in [0, 0.05) is 17.4 Å². The molecule has 4 nitrogen and oxygen atoms in total. The van der Waals surface area contributed by atoms with E-state index >= 15 is 0 Å². The smallest absolute Gasteiger partial charge is 0.174 e. The van der Waals surface area contributed by atoms with E-state index < -0.39 is 0 Å². The lowest BCUT2D eigenvalue weighted by Crippen LogP contribution is -2.29. The number of furan rings is 1. The van der Waals surface area contributed by atoms with Crippen LogP contribution >= 0.6 is 35.4 Å². The number of benzene rings is 2. The fraction of sp³-hybridized carbons (Fsp3) is 0.0833. The molecule has 31 heavy (non-hydrogen) atoms. The Morgan fingerprint density at radius 2 is 1.71 bits per heavy atom. The number of thiocarbonyl (C=S) groups is 1. The third-order valence-corrected chi connectivity index (χ3v) is 6.31. The van der Waals surface area contributed by atoms with Crippen molar-refractivity contribution in [3.05, 3.63) is 107 Å². The molecular formula is C24H17Cl2N3OS. The first-order valence-corrected chi connectivity index (χ1v) is 10.9. The van der Waals surface area contributed by atoms with E-state index in [1.807, 2.05) is 66.7 Å². The Balaban J connectivity index is 1.59. The van der Waals surface area contributed by atoms with Crippen molar-refractivity contribution in [2.45, 2.75) is 12.1 Å². The van der Waals surface area contributed by atoms with Gasteiger partial charge in [-0.15, -0.1) is 0 Å². The van der Waals surface area contributed by atoms with Gasteiger partial charge in [0.15, 0.2) is 5.11 Å². The normalized spacial score (nSPS) is 18.3. The highest BCUT2D eigenvalue weighted by molar-refractivity contribution is 7.80. The van der Waals surface area contributed by atoms with Crippen molar-refractivity contribution in [3.8, 4) is 11.3 Å². The average molecular weight is 466 g/mol. The van der Waals surface area contributed by atoms with E-state index in [0.29, 0.717) is 20.9 Å². The number of nitrogens with one attached hydrogen (secondary N) is 1. The molecule has 5 rings (SSSR count). The summed E-state index contributed by atoms with van der Waals surface area (Å²) in [4.78, 5) is 6.64. The van der Waals surface area contributed by atoms with E-state index in [0.717, 1.165) is 22.7 Å². The van der Waals surface area contributed by atoms with Crippen LogP contribution in [0.3, 0.4) is 0 Å². The Morgan fingerprint density at radius 1 is 0.903 bits per heavy atom. The number of hydrogen-bond donors (Lipinski definition) is 1. The van der Waals surface area contributed by atoms with Crippen LogP contribution in [-0.4, -0.2) is 10.1 Å². The Bertz CT molecular complexity index is 1230. The molecule has 1 N–H and O–H groups in total. The third kappa shape index (κ3) is 3.81. The van der Waals surface area contributed by atoms with E-state index in [4.69, 9.17) is 39.8 Å². The molecule has 0 aliphatic carbocycles. The molecule has 0 bridgehead atoms. The van der Waals surface area contributed by atoms with Crippen molar-refractivity contribution >= 4 is 46.2 Å². The zero-order valence-electron chi connectivity index (χ0n) is 16.2. The monoisotopic (exact) mass is 465 g/mol. The lowest BCUT2D eigenvalue weighted by molar-refractivity contribution is 0.439. The molecule has 1 fully saturated rings. The number of halogens is 2. The number of anilines is 1. The zero-order valence-corrected chi connectivity index (χ0v) is 18.5. The van der Waals surface area contributed by atoms with Crippen LogP contribution in [0.1, 0.15) is 23.5 Å². The molecule has 154 valence electrons. The summed E-state index contributed by atoms with van der Waals surface area (Å²) in [5.41, 5.74) is 2.73. The van der Waals surface area contributed by atoms with Crippen LogP contribution in [0.2, 0.25) is 10.0 Å². The zero-order chi connectivity index (χ0) is 21.4. The van der Waals surface area contributed by atoms with Crippen LogP contribution in [0.4, 0.5) is 5.69 Å². The number of nitrogens with zero attached hydrogens (tertiary/aromatic N) is 2. The van der Waals surface area contributed by atoms with Crippen LogP contribution in [0, 0.1) is 0 Å². The average Bonchev–Trinajstić information content (AvgIpc) is 3.41. The first-order valence-electron chi connectivity index (χ1n) is 9.72. The molecule has 2 atom stereocenters. The van der Waals surface area contributed by atoms with Crippen LogP contribution < -0.4 is 10.2 Å². The van der Waals surface area contributed by atoms with Gasteiger partial charge in [-0.1, -0.05) is 47.5 Å². The minimum absolute atomic E-state index is 0.165. The first kappa shape index (κ1) is 20.1. The summed E-state index contributed by atoms with van der Waals surface area (Å²) in [5.74, 6) is 1.48. The molecule has 2 aromatic carbocycles. The lowest BCUT2D eigenvalue weighted by Gasteiger charge is -2.26. The summed E-state index contributed by atoms with van der Waals surface area (Å²) in [6.45, 7) is 0. The molecule has 1 saturated heterocycles. The van der Waals surface area contributed by atoms with Gasteiger partial charge in [-0.05, 0) is 66.8 Å². The van der Waals surface area contributed by atoms with E-state index in [2.05, 4.69) is 15.2 Å². The summed E-state index contributed by atoms with van der Waals surface area (Å²) >= 11 is 18.0. The SMILES string of the molecule is S=C1N[C@@H](c2ccccn2)[C@@H](c2ccc(-c3ccc(Cl)c(Cl)c3)o2)N1c1ccccc1. The van der Waals surface area contributed by atoms with Crippen molar-refractivity contribution in [3.63, 3.8) is 0 Å². The molecule has 4 aromatic rings. The van der Waals surface area contributed by atoms with Gasteiger partial charge in [0.2, 0.25) is 0 Å². The van der Waals surface area contributed by atoms with Crippen LogP contribution in [0.25, 0.3) is 11.3 Å². The second-order valence-corrected chi connectivity index (χ2v) is 8.36. The van der Waals surface area contributed by atoms with Gasteiger partial charge in [-0.25, -0.2) is 0 Å². The van der Waals surface area contributed by atoms with Crippen LogP contribution in [0.15, 0.2) is 89.5 Å². The molecule has 0 saturated carbocycles. The van der Waals surface area contributed by atoms with Crippen molar-refractivity contribution in [2.75, 3.05) is 4.90 Å². The number of aromatic nitrogens is 1. The van der Waals surface area contributed by atoms with Crippen LogP contribution in [0.5, 0.6) is 0 Å². The van der Waals surface area contributed by atoms with Gasteiger partial charge in [-0.2, -0.15) is 0 Å². The fourth-order valence-electron chi connectivity index (χ4n) is 3.83. The summed E-state index contributed by atoms with van der Waals surface area (Å²) in [6, 6.07) is 24.9. The molecule has 0 spiro atoms. The maximum atomic E-state index is 6.33. The molecule has 7 heteroatoms. The van der Waals surface area contributed by atoms with Crippen molar-refractivity contribution in [2.24, 2.45) is 0 Å². The quantitative estimate of drug-likeness (QED) is 0.334. The molecule has 2 aromatic heterocycles. The first-order chi connectivity index (χ1) is 15.1. The Kier molecular flexibility index (Phi) is 5.40. The highest BCUT2D eigenvalue weighted by atomic mass is 35.5. The highest BCUT2D eigenvalue weighted by Crippen LogP contribution is 2.43. The number of rotatable bonds is 4. The van der Waals surface area contributed by atoms with Gasteiger partial charge >= 0.3 is 0 Å². The van der Waals surface area contributed by atoms with E-state index in [-0.39, 0.29) is 12.1 Å². The molecule has 0 amide bonds. The van der Waals surface area contributed by atoms with Gasteiger partial charge in [-0.3, -0.25) is 4.98 Å². The van der Waals surface area contributed by atoms with Crippen molar-refractivity contribution in [1.29, 1.82) is 0 Å². The second kappa shape index (κ2) is 8.35. The summed E-state index contributed by atoms with van der Waals surface area (Å²) in [7, 11) is 0. The molecule has 0 radical (unpaired) electrons. The van der Waals surface area contributed by atoms with Gasteiger partial charge < -0.3 is 14.6 Å². The molecule has 0 unspecified atom stereocenters. The Labute approximate surface area is 195 Å². The maximum absolute atomic E-state index is 6.33. The summed E-state index contributed by atoms with van der Waals surface area (Å²) in [5, 5.41) is 5.05. The van der Waals surface area contributed by atoms with Gasteiger partial charge in [0.25, 0.3) is 0 Å². The standard InChI is InChI=1S/C24H17Cl2N3OS/c25-17-10-9-15(14-18(17)26)20-11-12-21(30-20)23-22(19-8-4-5-13-27-19)28-24(31)29(23)16-6-2-1-3-7-16/h1-14,22-23H,(H,28,31)/t22-,23+/m0/s1. The predicted octanol–water partition coefficient (Wildman–Crippen LogP) is 6.83. The molecule has 1 aliphatic heterocycles. The Morgan fingerprint density at radius 3 is 2.45 bits per heavy atom. The van der Waals surface area contributed by atoms with Gasteiger partial charge in [0.1, 0.15) is 17.6 Å². The highest BCUT2D eigenvalue weighted by Gasteiger charge is 2.42. The van der Waals surface area contributed by atoms with E-state index in [1.165, 1.54) is 0 Å². The Hall–Kier alpha value is -2.86. The predicted molar refractivity (Wildman–Crippen MR) is 129 cm³/mol. The summed E-state index contributed by atoms with van der Waals surface area (Å²) in [6.07, 6.45) is 1.78. The maximum Gasteiger partial charge on any atom is 0.174 e. The molecule has 3 heterocycles. The van der Waals surface area contributed by atoms with Gasteiger partial charge in [0.05, 0.1) is 21.8 Å². The van der Waals surface area contributed by atoms with Crippen LogP contribution in [-0.2, 0) is 0 Å². The van der Waals surface area contributed by atoms with E-state index in [9.17, 15) is 0 Å². The number of para-hydroxylation sites is 1. The van der Waals surface area contributed by atoms with Crippen molar-refractivity contribution in [1.82, 2.24) is 10.3 Å². The minimum Gasteiger partial charge on any atom is -0.459 e. The largest absolute Gasteiger partial charge is 0.459 e. The lowest BCUT2D eigenvalue weighted by atomic mass is 10.0. The van der Waals surface area contributed by atoms with Crippen molar-refractivity contribution < 1.29 is 4.42 Å². The fourth-order valence-corrected chi connectivity index (χ4v) is 4.47. The second-order valence-electron chi connectivity index (χ2n) is 7.16. The summed E-state index contributed by atoms with van der Waals surface area (Å²) < 4.78 is 6.33. The third-order valence-electron chi connectivity index (χ3n) is 5.25. The molecule has 1 aliphatic rings. The molecular weight excluding hydrogens is 449 g/mol. The van der Waals surface area contributed by atoms with E-state index in [1.54, 1.807) is 18.3 Å². The minimum atomic E-state index is -0.207. The number of hydrogen-bond acceptors (Lipinski definition) is 3.